The van der Waals surface area contributed by atoms with Crippen LogP contribution < -0.4 is 0 Å². The lowest BCUT2D eigenvalue weighted by Gasteiger charge is -2.57. The summed E-state index contributed by atoms with van der Waals surface area (Å²) in [6, 6.07) is 7.16. The molecule has 0 radical (unpaired) electrons. The van der Waals surface area contributed by atoms with Crippen LogP contribution in [0.3, 0.4) is 0 Å². The van der Waals surface area contributed by atoms with Crippen LogP contribution in [0.2, 0.25) is 30.2 Å². The molecule has 0 aromatic heterocycles. The molecule has 0 bridgehead atoms. The van der Waals surface area contributed by atoms with Gasteiger partial charge in [-0.15, -0.1) is 13.2 Å². The van der Waals surface area contributed by atoms with Crippen LogP contribution in [0.4, 0.5) is 0 Å². The monoisotopic (exact) mass is 422 g/mol. The van der Waals surface area contributed by atoms with Crippen molar-refractivity contribution in [2.24, 2.45) is 0 Å². The zero-order chi connectivity index (χ0) is 20.9. The molecule has 164 valence electrons. The summed E-state index contributed by atoms with van der Waals surface area (Å²) in [5, 5.41) is 0. The molecule has 1 heterocycles. The largest absolute Gasteiger partial charge is 0.414 e. The molecule has 0 atom stereocenters. The van der Waals surface area contributed by atoms with Crippen molar-refractivity contribution in [2.75, 3.05) is 0 Å². The van der Waals surface area contributed by atoms with Crippen molar-refractivity contribution in [3.63, 3.8) is 0 Å². The van der Waals surface area contributed by atoms with Gasteiger partial charge in [0.25, 0.3) is 0 Å². The first-order valence-corrected chi connectivity index (χ1v) is 18.4. The quantitative estimate of drug-likeness (QED) is 0.137. The highest BCUT2D eigenvalue weighted by molar-refractivity contribution is 7.40. The zero-order valence-electron chi connectivity index (χ0n) is 19.8. The van der Waals surface area contributed by atoms with Gasteiger partial charge in [-0.05, 0) is 57.0 Å². The zero-order valence-corrected chi connectivity index (χ0v) is 21.8. The topological polar surface area (TPSA) is 9.23 Å². The Kier molecular flexibility index (Phi) is 12.2. The normalized spacial score (nSPS) is 20.0. The Morgan fingerprint density at radius 2 is 1.25 bits per heavy atom. The first kappa shape index (κ1) is 25.9. The van der Waals surface area contributed by atoms with E-state index in [0.717, 1.165) is 0 Å². The Balaban J connectivity index is 2.92. The van der Waals surface area contributed by atoms with Crippen molar-refractivity contribution in [3.05, 3.63) is 25.3 Å². The van der Waals surface area contributed by atoms with Crippen molar-refractivity contribution in [1.29, 1.82) is 0 Å². The van der Waals surface area contributed by atoms with Gasteiger partial charge in [0.05, 0.1) is 13.2 Å². The Hall–Kier alpha value is -0.126. The van der Waals surface area contributed by atoms with Crippen LogP contribution in [0.15, 0.2) is 25.3 Å². The van der Waals surface area contributed by atoms with Crippen LogP contribution >= 0.6 is 0 Å². The summed E-state index contributed by atoms with van der Waals surface area (Å²) in [5.41, 5.74) is 0.210. The van der Waals surface area contributed by atoms with E-state index in [9.17, 15) is 0 Å². The molecule has 1 fully saturated rings. The van der Waals surface area contributed by atoms with Crippen LogP contribution in [0, 0.1) is 0 Å². The summed E-state index contributed by atoms with van der Waals surface area (Å²) in [6.07, 6.45) is 18.4. The van der Waals surface area contributed by atoms with Gasteiger partial charge in [0, 0.05) is 0 Å². The predicted octanol–water partition coefficient (Wildman–Crippen LogP) is 8.97. The Morgan fingerprint density at radius 3 is 1.64 bits per heavy atom. The molecule has 0 amide bonds. The van der Waals surface area contributed by atoms with Gasteiger partial charge in [-0.2, -0.15) is 0 Å². The molecular formula is C25H50OSi2. The highest BCUT2D eigenvalue weighted by atomic mass is 29.3. The second-order valence-electron chi connectivity index (χ2n) is 9.25. The molecule has 0 aliphatic carbocycles. The van der Waals surface area contributed by atoms with Crippen LogP contribution in [0.25, 0.3) is 0 Å². The molecule has 1 saturated heterocycles. The SMILES string of the molecule is C=CCCCCCC1(CCCCCC=C)CC[Si](CC)(CC)[Si](CC)(CC)O1. The van der Waals surface area contributed by atoms with Gasteiger partial charge in [-0.1, -0.05) is 83.7 Å². The highest BCUT2D eigenvalue weighted by Crippen LogP contribution is 2.49. The molecule has 0 N–H and O–H groups in total. The van der Waals surface area contributed by atoms with E-state index in [-0.39, 0.29) is 5.60 Å². The van der Waals surface area contributed by atoms with E-state index in [1.165, 1.54) is 94.8 Å². The summed E-state index contributed by atoms with van der Waals surface area (Å²) in [4.78, 5) is 0. The summed E-state index contributed by atoms with van der Waals surface area (Å²) >= 11 is 0. The lowest BCUT2D eigenvalue weighted by Crippen LogP contribution is -2.70. The second kappa shape index (κ2) is 13.2. The lowest BCUT2D eigenvalue weighted by atomic mass is 9.87. The number of allylic oxidation sites excluding steroid dienone is 2. The molecule has 1 aliphatic rings. The summed E-state index contributed by atoms with van der Waals surface area (Å²) in [5.74, 6) is 0. The van der Waals surface area contributed by atoms with E-state index < -0.39 is 15.4 Å². The summed E-state index contributed by atoms with van der Waals surface area (Å²) < 4.78 is 7.53. The number of hydrogen-bond acceptors (Lipinski definition) is 1. The maximum absolute atomic E-state index is 7.53. The van der Waals surface area contributed by atoms with Crippen molar-refractivity contribution < 1.29 is 4.43 Å². The first-order valence-electron chi connectivity index (χ1n) is 12.4. The Morgan fingerprint density at radius 1 is 0.750 bits per heavy atom. The highest BCUT2D eigenvalue weighted by Gasteiger charge is 2.58. The van der Waals surface area contributed by atoms with Gasteiger partial charge in [-0.25, -0.2) is 0 Å². The first-order chi connectivity index (χ1) is 13.5. The fourth-order valence-electron chi connectivity index (χ4n) is 5.96. The maximum Gasteiger partial charge on any atom is 0.180 e. The fourth-order valence-corrected chi connectivity index (χ4v) is 24.9. The van der Waals surface area contributed by atoms with E-state index in [4.69, 9.17) is 4.43 Å². The molecule has 1 rings (SSSR count). The smallest absolute Gasteiger partial charge is 0.180 e. The third kappa shape index (κ3) is 6.44. The van der Waals surface area contributed by atoms with E-state index in [1.54, 1.807) is 6.04 Å². The van der Waals surface area contributed by atoms with Crippen molar-refractivity contribution in [2.45, 2.75) is 134 Å². The van der Waals surface area contributed by atoms with Crippen LogP contribution in [-0.4, -0.2) is 21.0 Å². The van der Waals surface area contributed by atoms with E-state index >= 15 is 0 Å². The van der Waals surface area contributed by atoms with E-state index in [1.807, 2.05) is 0 Å². The molecule has 28 heavy (non-hydrogen) atoms. The molecule has 1 nitrogen and oxygen atoms in total. The van der Waals surface area contributed by atoms with Crippen LogP contribution in [0.1, 0.15) is 98.3 Å². The number of hydrogen-bond donors (Lipinski definition) is 0. The minimum atomic E-state index is -1.59. The third-order valence-corrected chi connectivity index (χ3v) is 28.1. The predicted molar refractivity (Wildman–Crippen MR) is 133 cm³/mol. The van der Waals surface area contributed by atoms with Crippen molar-refractivity contribution >= 4 is 15.4 Å². The van der Waals surface area contributed by atoms with Gasteiger partial charge in [0.1, 0.15) is 0 Å². The van der Waals surface area contributed by atoms with Crippen LogP contribution in [0.5, 0.6) is 0 Å². The molecule has 0 saturated carbocycles. The molecule has 0 aromatic rings. The average molecular weight is 423 g/mol. The Bertz CT molecular complexity index is 420. The number of rotatable bonds is 16. The molecular weight excluding hydrogens is 372 g/mol. The van der Waals surface area contributed by atoms with Gasteiger partial charge in [0.15, 0.2) is 7.83 Å². The maximum atomic E-state index is 7.53. The second-order valence-corrected chi connectivity index (χ2v) is 23.2. The molecule has 0 spiro atoms. The third-order valence-electron chi connectivity index (χ3n) is 8.01. The van der Waals surface area contributed by atoms with Crippen molar-refractivity contribution in [1.82, 2.24) is 0 Å². The number of unbranched alkanes of at least 4 members (excludes halogenated alkanes) is 6. The Labute approximate surface area is 179 Å². The van der Waals surface area contributed by atoms with E-state index in [0.29, 0.717) is 0 Å². The van der Waals surface area contributed by atoms with Gasteiger partial charge >= 0.3 is 0 Å². The molecule has 0 aromatic carbocycles. The lowest BCUT2D eigenvalue weighted by molar-refractivity contribution is 0.0269. The average Bonchev–Trinajstić information content (AvgIpc) is 2.73. The molecule has 1 aliphatic heterocycles. The van der Waals surface area contributed by atoms with Gasteiger partial charge in [0.2, 0.25) is 0 Å². The van der Waals surface area contributed by atoms with Gasteiger partial charge in [-0.3, -0.25) is 0 Å². The van der Waals surface area contributed by atoms with E-state index in [2.05, 4.69) is 53.0 Å². The van der Waals surface area contributed by atoms with Gasteiger partial charge < -0.3 is 4.43 Å². The molecule has 0 unspecified atom stereocenters. The van der Waals surface area contributed by atoms with Crippen LogP contribution in [-0.2, 0) is 4.43 Å². The minimum absolute atomic E-state index is 0.210. The standard InChI is InChI=1S/C25H50OSi2/c1-7-13-15-17-19-21-25(22-20-18-16-14-8-2)23-24-27(9-3,10-4)28(11-5,12-6)26-25/h7-8H,1-2,9-24H2,3-6H3. The van der Waals surface area contributed by atoms with Crippen molar-refractivity contribution in [3.8, 4) is 0 Å². The fraction of sp³-hybridized carbons (Fsp3) is 0.840. The summed E-state index contributed by atoms with van der Waals surface area (Å²) in [7, 11) is -2.82. The summed E-state index contributed by atoms with van der Waals surface area (Å²) in [6.45, 7) is 17.7. The minimum Gasteiger partial charge on any atom is -0.414 e. The molecule has 3 heteroatoms.